The third-order valence-electron chi connectivity index (χ3n) is 2.73. The fourth-order valence-electron chi connectivity index (χ4n) is 1.79. The van der Waals surface area contributed by atoms with E-state index >= 15 is 0 Å². The maximum Gasteiger partial charge on any atom is 0.147 e. The average molecular weight is 206 g/mol. The van der Waals surface area contributed by atoms with Crippen LogP contribution in [0.25, 0.3) is 5.52 Å². The van der Waals surface area contributed by atoms with Crippen molar-refractivity contribution in [3.8, 4) is 0 Å². The van der Waals surface area contributed by atoms with E-state index in [1.807, 2.05) is 29.9 Å². The van der Waals surface area contributed by atoms with Crippen molar-refractivity contribution < 1.29 is 4.39 Å². The topological polar surface area (TPSA) is 16.4 Å². The molecule has 0 radical (unpaired) electrons. The third kappa shape index (κ3) is 1.88. The van der Waals surface area contributed by atoms with Gasteiger partial charge in [0, 0.05) is 18.4 Å². The first-order chi connectivity index (χ1) is 7.22. The number of nitrogens with zero attached hydrogens (tertiary/aromatic N) is 1. The van der Waals surface area contributed by atoms with Crippen LogP contribution in [-0.4, -0.2) is 17.5 Å². The van der Waals surface area contributed by atoms with E-state index < -0.39 is 0 Å². The zero-order chi connectivity index (χ0) is 10.8. The van der Waals surface area contributed by atoms with Gasteiger partial charge in [0.1, 0.15) is 5.82 Å². The second-order valence-electron chi connectivity index (χ2n) is 3.85. The van der Waals surface area contributed by atoms with Crippen molar-refractivity contribution in [2.24, 2.45) is 0 Å². The van der Waals surface area contributed by atoms with Gasteiger partial charge < -0.3 is 9.72 Å². The maximum absolute atomic E-state index is 13.6. The van der Waals surface area contributed by atoms with E-state index in [-0.39, 0.29) is 5.82 Å². The largest absolute Gasteiger partial charge is 0.321 e. The Morgan fingerprint density at radius 1 is 1.40 bits per heavy atom. The Balaban J connectivity index is 2.43. The lowest BCUT2D eigenvalue weighted by Gasteiger charge is -2.09. The number of halogens is 1. The highest BCUT2D eigenvalue weighted by Gasteiger charge is 2.09. The first-order valence-corrected chi connectivity index (χ1v) is 5.13. The summed E-state index contributed by atoms with van der Waals surface area (Å²) in [6.45, 7) is 2.09. The van der Waals surface area contributed by atoms with Crippen LogP contribution in [0.5, 0.6) is 0 Å². The van der Waals surface area contributed by atoms with Crippen LogP contribution in [0.4, 0.5) is 4.39 Å². The summed E-state index contributed by atoms with van der Waals surface area (Å²) in [7, 11) is 1.92. The minimum Gasteiger partial charge on any atom is -0.321 e. The van der Waals surface area contributed by atoms with Gasteiger partial charge in [-0.3, -0.25) is 0 Å². The van der Waals surface area contributed by atoms with Crippen LogP contribution in [0.15, 0.2) is 30.6 Å². The summed E-state index contributed by atoms with van der Waals surface area (Å²) in [5.74, 6) is -0.152. The minimum atomic E-state index is -0.152. The summed E-state index contributed by atoms with van der Waals surface area (Å²) in [6, 6.07) is 5.55. The molecule has 2 rings (SSSR count). The number of likely N-dealkylation sites (N-methyl/N-ethyl adjacent to an activating group) is 1. The second-order valence-corrected chi connectivity index (χ2v) is 3.85. The lowest BCUT2D eigenvalue weighted by atomic mass is 10.1. The van der Waals surface area contributed by atoms with Crippen molar-refractivity contribution in [2.75, 3.05) is 7.05 Å². The van der Waals surface area contributed by atoms with Crippen LogP contribution in [0.3, 0.4) is 0 Å². The molecule has 15 heavy (non-hydrogen) atoms. The second kappa shape index (κ2) is 4.03. The van der Waals surface area contributed by atoms with Gasteiger partial charge in [0.2, 0.25) is 0 Å². The van der Waals surface area contributed by atoms with Gasteiger partial charge in [0.15, 0.2) is 0 Å². The van der Waals surface area contributed by atoms with E-state index in [9.17, 15) is 4.39 Å². The first kappa shape index (κ1) is 10.2. The Labute approximate surface area is 88.7 Å². The van der Waals surface area contributed by atoms with Crippen LogP contribution in [0, 0.1) is 5.82 Å². The molecule has 0 aliphatic heterocycles. The zero-order valence-electron chi connectivity index (χ0n) is 9.00. The molecule has 2 heterocycles. The van der Waals surface area contributed by atoms with Crippen molar-refractivity contribution in [3.05, 3.63) is 42.0 Å². The molecule has 0 spiro atoms. The summed E-state index contributed by atoms with van der Waals surface area (Å²) in [5, 5.41) is 3.16. The maximum atomic E-state index is 13.6. The number of aromatic nitrogens is 1. The number of hydrogen-bond donors (Lipinski definition) is 1. The van der Waals surface area contributed by atoms with E-state index in [1.54, 1.807) is 6.07 Å². The highest BCUT2D eigenvalue weighted by molar-refractivity contribution is 5.57. The van der Waals surface area contributed by atoms with Crippen LogP contribution in [0.1, 0.15) is 12.5 Å². The number of nitrogens with one attached hydrogen (secondary N) is 1. The van der Waals surface area contributed by atoms with Gasteiger partial charge in [-0.05, 0) is 44.2 Å². The monoisotopic (exact) mass is 206 g/mol. The van der Waals surface area contributed by atoms with Gasteiger partial charge in [-0.2, -0.15) is 0 Å². The van der Waals surface area contributed by atoms with Gasteiger partial charge in [-0.25, -0.2) is 4.39 Å². The van der Waals surface area contributed by atoms with Crippen LogP contribution in [-0.2, 0) is 6.42 Å². The molecule has 0 amide bonds. The summed E-state index contributed by atoms with van der Waals surface area (Å²) in [6.07, 6.45) is 4.61. The predicted octanol–water partition coefficient (Wildman–Crippen LogP) is 2.23. The van der Waals surface area contributed by atoms with Crippen molar-refractivity contribution >= 4 is 5.52 Å². The lowest BCUT2D eigenvalue weighted by Crippen LogP contribution is -2.23. The van der Waals surface area contributed by atoms with Crippen LogP contribution < -0.4 is 5.32 Å². The molecule has 0 fully saturated rings. The Hall–Kier alpha value is -1.35. The smallest absolute Gasteiger partial charge is 0.147 e. The quantitative estimate of drug-likeness (QED) is 0.814. The fourth-order valence-corrected chi connectivity index (χ4v) is 1.79. The molecule has 0 bridgehead atoms. The Bertz CT molecular complexity index is 462. The highest BCUT2D eigenvalue weighted by Crippen LogP contribution is 2.17. The molecule has 0 aliphatic carbocycles. The molecule has 2 nitrogen and oxygen atoms in total. The average Bonchev–Trinajstić information content (AvgIpc) is 2.63. The molecule has 0 saturated carbocycles. The minimum absolute atomic E-state index is 0.152. The summed E-state index contributed by atoms with van der Waals surface area (Å²) in [4.78, 5) is 0. The molecule has 0 saturated heterocycles. The third-order valence-corrected chi connectivity index (χ3v) is 2.73. The molecule has 2 aromatic heterocycles. The SMILES string of the molecule is CNC(C)Cc1ccn2cccc(F)c12. The van der Waals surface area contributed by atoms with E-state index in [4.69, 9.17) is 0 Å². The van der Waals surface area contributed by atoms with Gasteiger partial charge in [0.25, 0.3) is 0 Å². The summed E-state index contributed by atoms with van der Waals surface area (Å²) >= 11 is 0. The van der Waals surface area contributed by atoms with Crippen molar-refractivity contribution in [1.29, 1.82) is 0 Å². The van der Waals surface area contributed by atoms with E-state index in [2.05, 4.69) is 12.2 Å². The molecular weight excluding hydrogens is 191 g/mol. The Kier molecular flexibility index (Phi) is 2.73. The Morgan fingerprint density at radius 2 is 2.20 bits per heavy atom. The molecular formula is C12H15FN2. The predicted molar refractivity (Wildman–Crippen MR) is 59.6 cm³/mol. The molecule has 2 aromatic rings. The number of rotatable bonds is 3. The fraction of sp³-hybridized carbons (Fsp3) is 0.333. The van der Waals surface area contributed by atoms with Gasteiger partial charge in [0.05, 0.1) is 5.52 Å². The molecule has 1 unspecified atom stereocenters. The molecule has 1 N–H and O–H groups in total. The Morgan fingerprint density at radius 3 is 2.93 bits per heavy atom. The van der Waals surface area contributed by atoms with E-state index in [0.717, 1.165) is 12.0 Å². The van der Waals surface area contributed by atoms with E-state index in [1.165, 1.54) is 6.07 Å². The molecule has 0 aliphatic rings. The number of hydrogen-bond acceptors (Lipinski definition) is 1. The van der Waals surface area contributed by atoms with Gasteiger partial charge >= 0.3 is 0 Å². The standard InChI is InChI=1S/C12H15FN2/c1-9(14-2)8-10-5-7-15-6-3-4-11(13)12(10)15/h3-7,9,14H,8H2,1-2H3. The van der Waals surface area contributed by atoms with Gasteiger partial charge in [-0.15, -0.1) is 0 Å². The lowest BCUT2D eigenvalue weighted by molar-refractivity contribution is 0.604. The van der Waals surface area contributed by atoms with Crippen LogP contribution in [0.2, 0.25) is 0 Å². The van der Waals surface area contributed by atoms with Crippen molar-refractivity contribution in [1.82, 2.24) is 9.72 Å². The van der Waals surface area contributed by atoms with Gasteiger partial charge in [-0.1, -0.05) is 0 Å². The van der Waals surface area contributed by atoms with Crippen molar-refractivity contribution in [3.63, 3.8) is 0 Å². The zero-order valence-corrected chi connectivity index (χ0v) is 9.00. The number of fused-ring (bicyclic) bond motifs is 1. The summed E-state index contributed by atoms with van der Waals surface area (Å²) < 4.78 is 15.4. The molecule has 0 aromatic carbocycles. The summed E-state index contributed by atoms with van der Waals surface area (Å²) in [5.41, 5.74) is 1.74. The number of pyridine rings is 1. The normalized spacial score (nSPS) is 13.3. The van der Waals surface area contributed by atoms with Crippen LogP contribution >= 0.6 is 0 Å². The van der Waals surface area contributed by atoms with Crippen molar-refractivity contribution in [2.45, 2.75) is 19.4 Å². The highest BCUT2D eigenvalue weighted by atomic mass is 19.1. The molecule has 1 atom stereocenters. The molecule has 80 valence electrons. The van der Waals surface area contributed by atoms with E-state index in [0.29, 0.717) is 11.6 Å². The first-order valence-electron chi connectivity index (χ1n) is 5.13. The molecule has 3 heteroatoms.